The molecule has 7 nitrogen and oxygen atoms in total. The summed E-state index contributed by atoms with van der Waals surface area (Å²) in [5.41, 5.74) is 5.99. The SMILES string of the molecule is C=C(Cl)CN(CCCO)c1c(N)n(Cc2ccccc2)c(=O)[nH]c1=O. The maximum Gasteiger partial charge on any atom is 0.330 e. The highest BCUT2D eigenvalue weighted by Crippen LogP contribution is 2.19. The lowest BCUT2D eigenvalue weighted by atomic mass is 10.2. The number of aromatic nitrogens is 2. The molecule has 1 aromatic carbocycles. The molecule has 0 unspecified atom stereocenters. The van der Waals surface area contributed by atoms with Crippen LogP contribution in [0.2, 0.25) is 0 Å². The Labute approximate surface area is 150 Å². The first-order valence-corrected chi connectivity index (χ1v) is 8.17. The van der Waals surface area contributed by atoms with Crippen molar-refractivity contribution in [1.29, 1.82) is 0 Å². The summed E-state index contributed by atoms with van der Waals surface area (Å²) in [5.74, 6) is 0.0495. The quantitative estimate of drug-likeness (QED) is 0.650. The molecule has 4 N–H and O–H groups in total. The molecule has 0 aliphatic heterocycles. The minimum atomic E-state index is -0.595. The van der Waals surface area contributed by atoms with Crippen LogP contribution in [0.5, 0.6) is 0 Å². The number of benzene rings is 1. The number of aromatic amines is 1. The van der Waals surface area contributed by atoms with E-state index >= 15 is 0 Å². The van der Waals surface area contributed by atoms with Gasteiger partial charge in [0.05, 0.1) is 13.1 Å². The number of nitrogens with two attached hydrogens (primary N) is 1. The Balaban J connectivity index is 2.49. The summed E-state index contributed by atoms with van der Waals surface area (Å²) in [4.78, 5) is 28.4. The number of nitrogens with zero attached hydrogens (tertiary/aromatic N) is 2. The van der Waals surface area contributed by atoms with Crippen LogP contribution >= 0.6 is 11.6 Å². The number of aliphatic hydroxyl groups is 1. The van der Waals surface area contributed by atoms with E-state index in [2.05, 4.69) is 11.6 Å². The highest BCUT2D eigenvalue weighted by molar-refractivity contribution is 6.29. The second-order valence-electron chi connectivity index (χ2n) is 5.58. The van der Waals surface area contributed by atoms with Crippen LogP contribution in [0.4, 0.5) is 11.5 Å². The van der Waals surface area contributed by atoms with E-state index in [9.17, 15) is 9.59 Å². The van der Waals surface area contributed by atoms with Crippen molar-refractivity contribution in [2.24, 2.45) is 0 Å². The number of halogens is 1. The number of anilines is 2. The van der Waals surface area contributed by atoms with Gasteiger partial charge in [-0.3, -0.25) is 14.3 Å². The molecule has 0 radical (unpaired) electrons. The van der Waals surface area contributed by atoms with Crippen molar-refractivity contribution < 1.29 is 5.11 Å². The first-order valence-electron chi connectivity index (χ1n) is 7.79. The van der Waals surface area contributed by atoms with Crippen LogP contribution in [0, 0.1) is 0 Å². The lowest BCUT2D eigenvalue weighted by Gasteiger charge is -2.25. The van der Waals surface area contributed by atoms with Gasteiger partial charge >= 0.3 is 5.69 Å². The fourth-order valence-corrected chi connectivity index (χ4v) is 2.69. The van der Waals surface area contributed by atoms with Crippen LogP contribution in [-0.2, 0) is 6.54 Å². The van der Waals surface area contributed by atoms with Gasteiger partial charge in [0.2, 0.25) is 0 Å². The minimum absolute atomic E-state index is 0.0489. The van der Waals surface area contributed by atoms with E-state index < -0.39 is 11.2 Å². The third-order valence-electron chi connectivity index (χ3n) is 3.66. The number of nitrogens with one attached hydrogen (secondary N) is 1. The minimum Gasteiger partial charge on any atom is -0.396 e. The first-order chi connectivity index (χ1) is 11.9. The largest absolute Gasteiger partial charge is 0.396 e. The Hall–Kier alpha value is -2.51. The Morgan fingerprint density at radius 1 is 1.32 bits per heavy atom. The molecule has 0 fully saturated rings. The van der Waals surface area contributed by atoms with Crippen LogP contribution in [0.15, 0.2) is 51.5 Å². The lowest BCUT2D eigenvalue weighted by Crippen LogP contribution is -2.39. The van der Waals surface area contributed by atoms with Gasteiger partial charge in [-0.25, -0.2) is 4.79 Å². The first kappa shape index (κ1) is 18.8. The average molecular weight is 365 g/mol. The molecule has 0 spiro atoms. The topological polar surface area (TPSA) is 104 Å². The summed E-state index contributed by atoms with van der Waals surface area (Å²) in [6.45, 7) is 4.34. The van der Waals surface area contributed by atoms with Crippen molar-refractivity contribution in [2.45, 2.75) is 13.0 Å². The van der Waals surface area contributed by atoms with Crippen LogP contribution in [0.1, 0.15) is 12.0 Å². The zero-order valence-electron chi connectivity index (χ0n) is 13.7. The normalized spacial score (nSPS) is 10.6. The van der Waals surface area contributed by atoms with E-state index in [0.717, 1.165) is 5.56 Å². The summed E-state index contributed by atoms with van der Waals surface area (Å²) in [5, 5.41) is 9.39. The molecule has 0 bridgehead atoms. The predicted octanol–water partition coefficient (Wildman–Crippen LogP) is 1.11. The summed E-state index contributed by atoms with van der Waals surface area (Å²) in [6, 6.07) is 9.31. The highest BCUT2D eigenvalue weighted by Gasteiger charge is 2.19. The maximum atomic E-state index is 12.3. The number of H-pyrrole nitrogens is 1. The Morgan fingerprint density at radius 2 is 2.00 bits per heavy atom. The van der Waals surface area contributed by atoms with Gasteiger partial charge in [0.25, 0.3) is 5.56 Å². The van der Waals surface area contributed by atoms with Gasteiger partial charge in [-0.1, -0.05) is 48.5 Å². The molecule has 134 valence electrons. The molecular formula is C17H21ClN4O3. The van der Waals surface area contributed by atoms with E-state index in [1.165, 1.54) is 4.57 Å². The van der Waals surface area contributed by atoms with E-state index in [1.807, 2.05) is 30.3 Å². The molecule has 0 aliphatic rings. The number of nitrogen functional groups attached to an aromatic ring is 1. The van der Waals surface area contributed by atoms with E-state index in [0.29, 0.717) is 18.0 Å². The fraction of sp³-hybridized carbons (Fsp3) is 0.294. The predicted molar refractivity (Wildman–Crippen MR) is 100 cm³/mol. The van der Waals surface area contributed by atoms with Crippen molar-refractivity contribution in [1.82, 2.24) is 9.55 Å². The van der Waals surface area contributed by atoms with Gasteiger partial charge in [-0.2, -0.15) is 0 Å². The van der Waals surface area contributed by atoms with Crippen LogP contribution < -0.4 is 21.9 Å². The van der Waals surface area contributed by atoms with Gasteiger partial charge in [0.1, 0.15) is 11.5 Å². The van der Waals surface area contributed by atoms with Crippen LogP contribution in [0.25, 0.3) is 0 Å². The monoisotopic (exact) mass is 364 g/mol. The molecule has 1 aromatic heterocycles. The van der Waals surface area contributed by atoms with Crippen molar-refractivity contribution in [3.63, 3.8) is 0 Å². The van der Waals surface area contributed by atoms with Crippen LogP contribution in [0.3, 0.4) is 0 Å². The lowest BCUT2D eigenvalue weighted by molar-refractivity contribution is 0.290. The zero-order valence-corrected chi connectivity index (χ0v) is 14.5. The molecule has 0 amide bonds. The standard InChI is InChI=1S/C17H21ClN4O3/c1-12(18)10-21(8-5-9-23)14-15(19)22(17(25)20-16(14)24)11-13-6-3-2-4-7-13/h2-4,6-7,23H,1,5,8-11,19H2,(H,20,24,25). The second kappa shape index (κ2) is 8.55. The molecule has 0 aliphatic carbocycles. The van der Waals surface area contributed by atoms with Crippen molar-refractivity contribution >= 4 is 23.1 Å². The Bertz CT molecular complexity index is 845. The maximum absolute atomic E-state index is 12.3. The number of rotatable bonds is 8. The van der Waals surface area contributed by atoms with Gasteiger partial charge in [-0.05, 0) is 12.0 Å². The summed E-state index contributed by atoms with van der Waals surface area (Å²) >= 11 is 5.89. The van der Waals surface area contributed by atoms with Crippen molar-refractivity contribution in [3.8, 4) is 0 Å². The average Bonchev–Trinajstić information content (AvgIpc) is 2.56. The molecule has 2 aromatic rings. The van der Waals surface area contributed by atoms with Gasteiger partial charge in [0, 0.05) is 18.2 Å². The number of hydrogen-bond acceptors (Lipinski definition) is 5. The third-order valence-corrected chi connectivity index (χ3v) is 3.78. The number of hydrogen-bond donors (Lipinski definition) is 3. The third kappa shape index (κ3) is 4.74. The van der Waals surface area contributed by atoms with E-state index in [1.54, 1.807) is 4.90 Å². The number of aliphatic hydroxyl groups excluding tert-OH is 1. The second-order valence-corrected chi connectivity index (χ2v) is 6.12. The summed E-state index contributed by atoms with van der Waals surface area (Å²) < 4.78 is 1.30. The van der Waals surface area contributed by atoms with E-state index in [-0.39, 0.29) is 31.2 Å². The molecule has 1 heterocycles. The van der Waals surface area contributed by atoms with Gasteiger partial charge < -0.3 is 15.7 Å². The Morgan fingerprint density at radius 3 is 2.60 bits per heavy atom. The molecule has 8 heteroatoms. The van der Waals surface area contributed by atoms with Gasteiger partial charge in [-0.15, -0.1) is 0 Å². The zero-order chi connectivity index (χ0) is 18.4. The molecular weight excluding hydrogens is 344 g/mol. The van der Waals surface area contributed by atoms with Crippen molar-refractivity contribution in [3.05, 3.63) is 68.3 Å². The van der Waals surface area contributed by atoms with Crippen LogP contribution in [-0.4, -0.2) is 34.4 Å². The molecule has 0 saturated carbocycles. The van der Waals surface area contributed by atoms with Crippen molar-refractivity contribution in [2.75, 3.05) is 30.3 Å². The molecule has 0 atom stereocenters. The smallest absolute Gasteiger partial charge is 0.330 e. The van der Waals surface area contributed by atoms with E-state index in [4.69, 9.17) is 22.4 Å². The summed E-state index contributed by atoms with van der Waals surface area (Å²) in [7, 11) is 0. The molecule has 0 saturated heterocycles. The highest BCUT2D eigenvalue weighted by atomic mass is 35.5. The fourth-order valence-electron chi connectivity index (χ4n) is 2.54. The molecule has 2 rings (SSSR count). The molecule has 25 heavy (non-hydrogen) atoms. The Kier molecular flexibility index (Phi) is 6.44. The summed E-state index contributed by atoms with van der Waals surface area (Å²) in [6.07, 6.45) is 0.418. The van der Waals surface area contributed by atoms with Gasteiger partial charge in [0.15, 0.2) is 0 Å².